The lowest BCUT2D eigenvalue weighted by Crippen LogP contribution is -2.44. The molecule has 1 aliphatic carbocycles. The minimum atomic E-state index is -0.321. The van der Waals surface area contributed by atoms with Crippen LogP contribution in [0.4, 0.5) is 25.3 Å². The Kier molecular flexibility index (Phi) is 6.01. The van der Waals surface area contributed by atoms with E-state index in [1.54, 1.807) is 30.3 Å². The molecule has 3 heterocycles. The van der Waals surface area contributed by atoms with Crippen molar-refractivity contribution in [3.63, 3.8) is 0 Å². The second-order valence-corrected chi connectivity index (χ2v) is 11.2. The standard InChI is InChI=1S/C29H27F2N7S/c1-36-12-14-37(15-13-36)25-17-26-24(32-27(38(26)20-10-11-20)18-6-8-19(30)9-7-18)16-23(25)33-29-35-34-28(39-29)21-4-2-3-5-22(21)31/h2-9,16-17,20H,10-15H2,1H3,(H,33,35). The van der Waals surface area contributed by atoms with Crippen LogP contribution in [0.15, 0.2) is 60.7 Å². The Labute approximate surface area is 228 Å². The van der Waals surface area contributed by atoms with Gasteiger partial charge in [0.2, 0.25) is 5.13 Å². The number of nitrogens with one attached hydrogen (secondary N) is 1. The molecule has 3 aromatic carbocycles. The number of rotatable bonds is 6. The van der Waals surface area contributed by atoms with Crippen molar-refractivity contribution < 1.29 is 8.78 Å². The second kappa shape index (κ2) is 9.69. The van der Waals surface area contributed by atoms with Gasteiger partial charge in [0.1, 0.15) is 17.5 Å². The minimum absolute atomic E-state index is 0.261. The lowest BCUT2D eigenvalue weighted by atomic mass is 10.2. The number of piperazine rings is 1. The van der Waals surface area contributed by atoms with Crippen molar-refractivity contribution in [2.45, 2.75) is 18.9 Å². The molecular weight excluding hydrogens is 516 g/mol. The van der Waals surface area contributed by atoms with E-state index in [0.717, 1.165) is 72.8 Å². The van der Waals surface area contributed by atoms with Crippen molar-refractivity contribution in [1.82, 2.24) is 24.6 Å². The fourth-order valence-corrected chi connectivity index (χ4v) is 5.96. The summed E-state index contributed by atoms with van der Waals surface area (Å²) >= 11 is 1.32. The molecule has 0 spiro atoms. The molecule has 0 unspecified atom stereocenters. The summed E-state index contributed by atoms with van der Waals surface area (Å²) < 4.78 is 30.4. The van der Waals surface area contributed by atoms with Crippen molar-refractivity contribution in [2.75, 3.05) is 43.4 Å². The van der Waals surface area contributed by atoms with Crippen molar-refractivity contribution in [3.05, 3.63) is 72.3 Å². The highest BCUT2D eigenvalue weighted by Gasteiger charge is 2.30. The average molecular weight is 544 g/mol. The molecule has 1 N–H and O–H groups in total. The summed E-state index contributed by atoms with van der Waals surface area (Å²) in [6, 6.07) is 17.8. The van der Waals surface area contributed by atoms with Gasteiger partial charge in [-0.15, -0.1) is 10.2 Å². The molecule has 2 aromatic heterocycles. The lowest BCUT2D eigenvalue weighted by Gasteiger charge is -2.35. The van der Waals surface area contributed by atoms with Gasteiger partial charge in [-0.25, -0.2) is 13.8 Å². The maximum atomic E-state index is 14.4. The van der Waals surface area contributed by atoms with E-state index >= 15 is 0 Å². The van der Waals surface area contributed by atoms with Crippen LogP contribution in [0.2, 0.25) is 0 Å². The number of nitrogens with zero attached hydrogens (tertiary/aromatic N) is 6. The van der Waals surface area contributed by atoms with Gasteiger partial charge < -0.3 is 19.7 Å². The summed E-state index contributed by atoms with van der Waals surface area (Å²) in [6.07, 6.45) is 2.21. The number of imidazole rings is 1. The molecular formula is C29H27F2N7S. The van der Waals surface area contributed by atoms with Gasteiger partial charge in [-0.1, -0.05) is 23.5 Å². The van der Waals surface area contributed by atoms with Gasteiger partial charge in [-0.2, -0.15) is 0 Å². The molecule has 2 fully saturated rings. The Hall–Kier alpha value is -3.89. The number of benzene rings is 3. The number of aromatic nitrogens is 4. The fraction of sp³-hybridized carbons (Fsp3) is 0.276. The van der Waals surface area contributed by atoms with Crippen molar-refractivity contribution in [3.8, 4) is 22.0 Å². The Morgan fingerprint density at radius 3 is 2.44 bits per heavy atom. The van der Waals surface area contributed by atoms with Crippen LogP contribution in [0, 0.1) is 11.6 Å². The number of hydrogen-bond donors (Lipinski definition) is 1. The van der Waals surface area contributed by atoms with E-state index in [-0.39, 0.29) is 11.6 Å². The molecule has 0 atom stereocenters. The monoisotopic (exact) mass is 543 g/mol. The first-order valence-corrected chi connectivity index (χ1v) is 14.0. The molecule has 2 aliphatic rings. The summed E-state index contributed by atoms with van der Waals surface area (Å²) in [5.74, 6) is 0.272. The predicted molar refractivity (Wildman–Crippen MR) is 152 cm³/mol. The van der Waals surface area contributed by atoms with Crippen LogP contribution in [-0.2, 0) is 0 Å². The van der Waals surface area contributed by atoms with Crippen LogP contribution in [0.5, 0.6) is 0 Å². The largest absolute Gasteiger partial charge is 0.367 e. The smallest absolute Gasteiger partial charge is 0.210 e. The van der Waals surface area contributed by atoms with E-state index in [2.05, 4.69) is 49.1 Å². The van der Waals surface area contributed by atoms with E-state index in [1.807, 2.05) is 0 Å². The van der Waals surface area contributed by atoms with E-state index in [0.29, 0.717) is 21.7 Å². The third-order valence-electron chi connectivity index (χ3n) is 7.44. The first-order valence-electron chi connectivity index (χ1n) is 13.1. The van der Waals surface area contributed by atoms with Gasteiger partial charge in [0.05, 0.1) is 22.4 Å². The molecule has 10 heteroatoms. The van der Waals surface area contributed by atoms with Gasteiger partial charge >= 0.3 is 0 Å². The quantitative estimate of drug-likeness (QED) is 0.270. The molecule has 0 radical (unpaired) electrons. The van der Waals surface area contributed by atoms with Crippen LogP contribution in [0.1, 0.15) is 18.9 Å². The van der Waals surface area contributed by atoms with Gasteiger partial charge in [0.25, 0.3) is 0 Å². The normalized spacial score (nSPS) is 16.2. The third kappa shape index (κ3) is 4.63. The zero-order chi connectivity index (χ0) is 26.5. The molecule has 198 valence electrons. The lowest BCUT2D eigenvalue weighted by molar-refractivity contribution is 0.313. The topological polar surface area (TPSA) is 62.1 Å². The summed E-state index contributed by atoms with van der Waals surface area (Å²) in [6.45, 7) is 3.73. The molecule has 1 saturated carbocycles. The van der Waals surface area contributed by atoms with Gasteiger partial charge in [-0.05, 0) is 68.4 Å². The van der Waals surface area contributed by atoms with Crippen LogP contribution in [0.3, 0.4) is 0 Å². The highest BCUT2D eigenvalue weighted by atomic mass is 32.1. The number of halogens is 2. The van der Waals surface area contributed by atoms with Crippen LogP contribution < -0.4 is 10.2 Å². The number of likely N-dealkylation sites (N-methyl/N-ethyl adjacent to an activating group) is 1. The summed E-state index contributed by atoms with van der Waals surface area (Å²) in [5, 5.41) is 13.2. The Balaban J connectivity index is 1.33. The molecule has 5 aromatic rings. The number of anilines is 3. The molecule has 39 heavy (non-hydrogen) atoms. The Morgan fingerprint density at radius 1 is 0.923 bits per heavy atom. The van der Waals surface area contributed by atoms with E-state index in [4.69, 9.17) is 4.98 Å². The first-order chi connectivity index (χ1) is 19.0. The average Bonchev–Trinajstić information content (AvgIpc) is 3.56. The molecule has 1 saturated heterocycles. The van der Waals surface area contributed by atoms with E-state index < -0.39 is 0 Å². The summed E-state index contributed by atoms with van der Waals surface area (Å²) in [7, 11) is 2.14. The zero-order valence-electron chi connectivity index (χ0n) is 21.4. The predicted octanol–water partition coefficient (Wildman–Crippen LogP) is 6.33. The molecule has 7 nitrogen and oxygen atoms in total. The Bertz CT molecular complexity index is 1650. The molecule has 1 aliphatic heterocycles. The van der Waals surface area contributed by atoms with Crippen molar-refractivity contribution >= 4 is 38.9 Å². The van der Waals surface area contributed by atoms with Crippen molar-refractivity contribution in [2.24, 2.45) is 0 Å². The highest BCUT2D eigenvalue weighted by Crippen LogP contribution is 2.44. The highest BCUT2D eigenvalue weighted by molar-refractivity contribution is 7.18. The first kappa shape index (κ1) is 24.2. The van der Waals surface area contributed by atoms with Gasteiger partial charge in [0, 0.05) is 43.3 Å². The van der Waals surface area contributed by atoms with Gasteiger partial charge in [0.15, 0.2) is 5.01 Å². The third-order valence-corrected chi connectivity index (χ3v) is 8.31. The summed E-state index contributed by atoms with van der Waals surface area (Å²) in [5.41, 5.74) is 5.22. The van der Waals surface area contributed by atoms with Crippen LogP contribution in [0.25, 0.3) is 33.0 Å². The van der Waals surface area contributed by atoms with Crippen LogP contribution in [-0.4, -0.2) is 57.9 Å². The summed E-state index contributed by atoms with van der Waals surface area (Å²) in [4.78, 5) is 9.75. The molecule has 0 bridgehead atoms. The maximum absolute atomic E-state index is 14.4. The van der Waals surface area contributed by atoms with Crippen LogP contribution >= 0.6 is 11.3 Å². The fourth-order valence-electron chi connectivity index (χ4n) is 5.18. The van der Waals surface area contributed by atoms with E-state index in [1.165, 1.54) is 29.5 Å². The van der Waals surface area contributed by atoms with E-state index in [9.17, 15) is 8.78 Å². The Morgan fingerprint density at radius 2 is 1.69 bits per heavy atom. The van der Waals surface area contributed by atoms with Crippen molar-refractivity contribution in [1.29, 1.82) is 0 Å². The minimum Gasteiger partial charge on any atom is -0.367 e. The molecule has 0 amide bonds. The number of hydrogen-bond acceptors (Lipinski definition) is 7. The van der Waals surface area contributed by atoms with Gasteiger partial charge in [-0.3, -0.25) is 0 Å². The molecule has 7 rings (SSSR count). The number of fused-ring (bicyclic) bond motifs is 1. The SMILES string of the molecule is CN1CCN(c2cc3c(cc2Nc2nnc(-c4ccccc4F)s2)nc(-c2ccc(F)cc2)n3C2CC2)CC1. The maximum Gasteiger partial charge on any atom is 0.210 e. The second-order valence-electron chi connectivity index (χ2n) is 10.2. The zero-order valence-corrected chi connectivity index (χ0v) is 22.3.